The van der Waals surface area contributed by atoms with Gasteiger partial charge in [-0.3, -0.25) is 14.4 Å². The zero-order valence-electron chi connectivity index (χ0n) is 11.5. The van der Waals surface area contributed by atoms with Crippen molar-refractivity contribution >= 4 is 5.97 Å². The fraction of sp³-hybridized carbons (Fsp3) is 0.692. The quantitative estimate of drug-likeness (QED) is 0.767. The fourth-order valence-electron chi connectivity index (χ4n) is 2.04. The lowest BCUT2D eigenvalue weighted by Crippen LogP contribution is -2.31. The van der Waals surface area contributed by atoms with Crippen LogP contribution in [0.4, 0.5) is 0 Å². The van der Waals surface area contributed by atoms with E-state index in [1.54, 1.807) is 0 Å². The molecule has 0 radical (unpaired) electrons. The van der Waals surface area contributed by atoms with Crippen molar-refractivity contribution in [1.29, 1.82) is 0 Å². The predicted octanol–water partition coefficient (Wildman–Crippen LogP) is 1.76. The van der Waals surface area contributed by atoms with Crippen molar-refractivity contribution in [1.82, 2.24) is 14.7 Å². The highest BCUT2D eigenvalue weighted by Crippen LogP contribution is 2.09. The summed E-state index contributed by atoms with van der Waals surface area (Å²) < 4.78 is 1.96. The number of aromatic nitrogens is 2. The van der Waals surface area contributed by atoms with Gasteiger partial charge in [0.05, 0.1) is 17.9 Å². The van der Waals surface area contributed by atoms with Crippen LogP contribution in [0.2, 0.25) is 0 Å². The molecule has 0 saturated carbocycles. The maximum absolute atomic E-state index is 10.8. The number of carboxylic acids is 1. The third-order valence-corrected chi connectivity index (χ3v) is 2.86. The SMILES string of the molecule is CCCN(CC(=O)O)Cc1cc(CC)nn1CC. The summed E-state index contributed by atoms with van der Waals surface area (Å²) in [5, 5.41) is 13.4. The first kappa shape index (κ1) is 14.7. The van der Waals surface area contributed by atoms with Gasteiger partial charge in [-0.25, -0.2) is 0 Å². The Kier molecular flexibility index (Phi) is 5.85. The average molecular weight is 253 g/mol. The van der Waals surface area contributed by atoms with Gasteiger partial charge in [0.25, 0.3) is 0 Å². The van der Waals surface area contributed by atoms with Crippen LogP contribution in [-0.2, 0) is 24.3 Å². The van der Waals surface area contributed by atoms with Gasteiger partial charge in [-0.2, -0.15) is 5.10 Å². The second-order valence-corrected chi connectivity index (χ2v) is 4.40. The Morgan fingerprint density at radius 2 is 2.17 bits per heavy atom. The number of nitrogens with zero attached hydrogens (tertiary/aromatic N) is 3. The maximum atomic E-state index is 10.8. The monoisotopic (exact) mass is 253 g/mol. The molecule has 0 spiro atoms. The van der Waals surface area contributed by atoms with E-state index < -0.39 is 5.97 Å². The molecule has 1 heterocycles. The second kappa shape index (κ2) is 7.16. The highest BCUT2D eigenvalue weighted by molar-refractivity contribution is 5.69. The van der Waals surface area contributed by atoms with Crippen molar-refractivity contribution in [3.05, 3.63) is 17.5 Å². The normalized spacial score (nSPS) is 11.1. The molecule has 18 heavy (non-hydrogen) atoms. The lowest BCUT2D eigenvalue weighted by atomic mass is 10.3. The van der Waals surface area contributed by atoms with Crippen LogP contribution in [0.25, 0.3) is 0 Å². The van der Waals surface area contributed by atoms with E-state index in [-0.39, 0.29) is 6.54 Å². The summed E-state index contributed by atoms with van der Waals surface area (Å²) in [5.74, 6) is -0.776. The van der Waals surface area contributed by atoms with Gasteiger partial charge < -0.3 is 5.11 Å². The van der Waals surface area contributed by atoms with Crippen LogP contribution in [0.3, 0.4) is 0 Å². The Morgan fingerprint density at radius 1 is 1.44 bits per heavy atom. The summed E-state index contributed by atoms with van der Waals surface area (Å²) in [6.45, 7) is 8.55. The molecule has 0 fully saturated rings. The van der Waals surface area contributed by atoms with Crippen LogP contribution >= 0.6 is 0 Å². The van der Waals surface area contributed by atoms with Gasteiger partial charge in [-0.1, -0.05) is 13.8 Å². The number of hydrogen-bond acceptors (Lipinski definition) is 3. The van der Waals surface area contributed by atoms with E-state index in [1.807, 2.05) is 9.58 Å². The van der Waals surface area contributed by atoms with Crippen LogP contribution in [0, 0.1) is 0 Å². The molecule has 5 heteroatoms. The highest BCUT2D eigenvalue weighted by atomic mass is 16.4. The number of aliphatic carboxylic acids is 1. The zero-order valence-corrected chi connectivity index (χ0v) is 11.5. The molecule has 5 nitrogen and oxygen atoms in total. The number of aryl methyl sites for hydroxylation is 2. The molecule has 0 aliphatic heterocycles. The Morgan fingerprint density at radius 3 is 2.67 bits per heavy atom. The fourth-order valence-corrected chi connectivity index (χ4v) is 2.04. The molecule has 1 rings (SSSR count). The van der Waals surface area contributed by atoms with E-state index in [4.69, 9.17) is 5.11 Å². The molecule has 1 aromatic heterocycles. The van der Waals surface area contributed by atoms with Gasteiger partial charge in [0.1, 0.15) is 0 Å². The lowest BCUT2D eigenvalue weighted by molar-refractivity contribution is -0.138. The molecule has 0 atom stereocenters. The zero-order chi connectivity index (χ0) is 13.5. The number of carboxylic acid groups (broad SMARTS) is 1. The average Bonchev–Trinajstić information content (AvgIpc) is 2.71. The number of carbonyl (C=O) groups is 1. The predicted molar refractivity (Wildman–Crippen MR) is 70.5 cm³/mol. The largest absolute Gasteiger partial charge is 0.480 e. The third-order valence-electron chi connectivity index (χ3n) is 2.86. The van der Waals surface area contributed by atoms with E-state index in [1.165, 1.54) is 0 Å². The smallest absolute Gasteiger partial charge is 0.317 e. The van der Waals surface area contributed by atoms with Gasteiger partial charge in [0, 0.05) is 13.1 Å². The minimum Gasteiger partial charge on any atom is -0.480 e. The van der Waals surface area contributed by atoms with Gasteiger partial charge in [0.15, 0.2) is 0 Å². The van der Waals surface area contributed by atoms with Crippen LogP contribution < -0.4 is 0 Å². The molecule has 0 amide bonds. The summed E-state index contributed by atoms with van der Waals surface area (Å²) in [5.41, 5.74) is 2.17. The first-order valence-electron chi connectivity index (χ1n) is 6.60. The van der Waals surface area contributed by atoms with E-state index in [2.05, 4.69) is 31.9 Å². The van der Waals surface area contributed by atoms with E-state index in [9.17, 15) is 4.79 Å². The third kappa shape index (κ3) is 4.14. The first-order valence-corrected chi connectivity index (χ1v) is 6.60. The highest BCUT2D eigenvalue weighted by Gasteiger charge is 2.13. The molecule has 0 unspecified atom stereocenters. The van der Waals surface area contributed by atoms with E-state index in [0.717, 1.165) is 37.3 Å². The summed E-state index contributed by atoms with van der Waals surface area (Å²) >= 11 is 0. The van der Waals surface area contributed by atoms with Crippen LogP contribution in [-0.4, -0.2) is 38.8 Å². The standard InChI is InChI=1S/C13H23N3O2/c1-4-7-15(10-13(17)18)9-12-8-11(5-2)14-16(12)6-3/h8H,4-7,9-10H2,1-3H3,(H,17,18). The van der Waals surface area contributed by atoms with Crippen LogP contribution in [0.1, 0.15) is 38.6 Å². The Bertz CT molecular complexity index is 388. The Hall–Kier alpha value is -1.36. The minimum atomic E-state index is -0.776. The summed E-state index contributed by atoms with van der Waals surface area (Å²) in [7, 11) is 0. The maximum Gasteiger partial charge on any atom is 0.317 e. The van der Waals surface area contributed by atoms with Gasteiger partial charge in [0.2, 0.25) is 0 Å². The Labute approximate surface area is 108 Å². The molecule has 102 valence electrons. The van der Waals surface area contributed by atoms with Crippen molar-refractivity contribution < 1.29 is 9.90 Å². The number of hydrogen-bond donors (Lipinski definition) is 1. The van der Waals surface area contributed by atoms with Gasteiger partial charge in [-0.05, 0) is 32.4 Å². The molecule has 0 aliphatic carbocycles. The number of rotatable bonds is 8. The second-order valence-electron chi connectivity index (χ2n) is 4.40. The van der Waals surface area contributed by atoms with E-state index in [0.29, 0.717) is 6.54 Å². The molecule has 1 N–H and O–H groups in total. The van der Waals surface area contributed by atoms with Crippen molar-refractivity contribution in [2.75, 3.05) is 13.1 Å². The minimum absolute atomic E-state index is 0.0875. The van der Waals surface area contributed by atoms with Crippen molar-refractivity contribution in [3.8, 4) is 0 Å². The van der Waals surface area contributed by atoms with Crippen LogP contribution in [0.15, 0.2) is 6.07 Å². The Balaban J connectivity index is 2.78. The lowest BCUT2D eigenvalue weighted by Gasteiger charge is -2.19. The molecule has 0 bridgehead atoms. The molecule has 1 aromatic rings. The summed E-state index contributed by atoms with van der Waals surface area (Å²) in [6, 6.07) is 2.08. The molecular weight excluding hydrogens is 230 g/mol. The van der Waals surface area contributed by atoms with Crippen molar-refractivity contribution in [2.24, 2.45) is 0 Å². The summed E-state index contributed by atoms with van der Waals surface area (Å²) in [6.07, 6.45) is 1.86. The van der Waals surface area contributed by atoms with Crippen molar-refractivity contribution in [2.45, 2.75) is 46.7 Å². The molecule has 0 aromatic carbocycles. The first-order chi connectivity index (χ1) is 8.60. The van der Waals surface area contributed by atoms with Crippen molar-refractivity contribution in [3.63, 3.8) is 0 Å². The van der Waals surface area contributed by atoms with E-state index >= 15 is 0 Å². The molecule has 0 aliphatic rings. The van der Waals surface area contributed by atoms with Gasteiger partial charge in [-0.15, -0.1) is 0 Å². The van der Waals surface area contributed by atoms with Gasteiger partial charge >= 0.3 is 5.97 Å². The molecular formula is C13H23N3O2. The summed E-state index contributed by atoms with van der Waals surface area (Å²) in [4.78, 5) is 12.8. The topological polar surface area (TPSA) is 58.4 Å². The molecule has 0 saturated heterocycles. The van der Waals surface area contributed by atoms with Crippen LogP contribution in [0.5, 0.6) is 0 Å².